The predicted molar refractivity (Wildman–Crippen MR) is 147 cm³/mol. The maximum atomic E-state index is 13.3. The molecule has 1 fully saturated rings. The second-order valence-electron chi connectivity index (χ2n) is 11.5. The van der Waals surface area contributed by atoms with E-state index in [2.05, 4.69) is 31.4 Å². The average Bonchev–Trinajstić information content (AvgIpc) is 2.85. The molecule has 0 saturated heterocycles. The van der Waals surface area contributed by atoms with Gasteiger partial charge in [-0.3, -0.25) is 9.59 Å². The molecule has 0 heterocycles. The first-order valence-electron chi connectivity index (χ1n) is 12.8. The normalized spacial score (nSPS) is 21.2. The van der Waals surface area contributed by atoms with Gasteiger partial charge in [0.25, 0.3) is 11.8 Å². The highest BCUT2D eigenvalue weighted by Gasteiger charge is 2.42. The molecule has 4 aromatic carbocycles. The summed E-state index contributed by atoms with van der Waals surface area (Å²) in [6.45, 7) is 7.31. The van der Waals surface area contributed by atoms with Gasteiger partial charge in [0.15, 0.2) is 0 Å². The molecule has 2 atom stereocenters. The molecule has 0 spiro atoms. The summed E-state index contributed by atoms with van der Waals surface area (Å²) in [6.07, 6.45) is 2.72. The van der Waals surface area contributed by atoms with E-state index in [0.717, 1.165) is 40.8 Å². The van der Waals surface area contributed by atoms with Crippen molar-refractivity contribution in [2.24, 2.45) is 10.8 Å². The second kappa shape index (κ2) is 9.42. The summed E-state index contributed by atoms with van der Waals surface area (Å²) in [7, 11) is 0. The minimum absolute atomic E-state index is 0.0309. The van der Waals surface area contributed by atoms with E-state index in [4.69, 9.17) is 0 Å². The standard InChI is InChI=1S/C32H34N2O2/c1-31(2)18-24(34-30(36)28-17-9-13-23-11-5-7-15-26(23)28)19-32(3,20-31)21-33-29(35)27-16-8-12-22-10-4-6-14-25(22)27/h4-17,24H,18-21H2,1-3H3,(H,33,35)(H,34,36)/t24-,32-/m1/s1. The molecular weight excluding hydrogens is 444 g/mol. The summed E-state index contributed by atoms with van der Waals surface area (Å²) in [4.78, 5) is 26.5. The van der Waals surface area contributed by atoms with Gasteiger partial charge < -0.3 is 10.6 Å². The van der Waals surface area contributed by atoms with Crippen LogP contribution in [0.5, 0.6) is 0 Å². The number of benzene rings is 4. The first-order valence-corrected chi connectivity index (χ1v) is 12.8. The Labute approximate surface area is 213 Å². The zero-order valence-electron chi connectivity index (χ0n) is 21.3. The van der Waals surface area contributed by atoms with Gasteiger partial charge in [-0.1, -0.05) is 93.6 Å². The molecule has 36 heavy (non-hydrogen) atoms. The number of fused-ring (bicyclic) bond motifs is 2. The van der Waals surface area contributed by atoms with Crippen LogP contribution in [-0.4, -0.2) is 24.4 Å². The van der Waals surface area contributed by atoms with Crippen LogP contribution in [0.3, 0.4) is 0 Å². The lowest BCUT2D eigenvalue weighted by Crippen LogP contribution is -2.50. The van der Waals surface area contributed by atoms with Crippen LogP contribution >= 0.6 is 0 Å². The van der Waals surface area contributed by atoms with Gasteiger partial charge in [-0.15, -0.1) is 0 Å². The Morgan fingerprint density at radius 1 is 0.722 bits per heavy atom. The molecule has 4 heteroatoms. The fourth-order valence-corrected chi connectivity index (χ4v) is 6.37. The third-order valence-corrected chi connectivity index (χ3v) is 7.52. The summed E-state index contributed by atoms with van der Waals surface area (Å²) >= 11 is 0. The van der Waals surface area contributed by atoms with Crippen LogP contribution < -0.4 is 10.6 Å². The highest BCUT2D eigenvalue weighted by Crippen LogP contribution is 2.46. The molecule has 1 aliphatic rings. The molecule has 4 aromatic rings. The smallest absolute Gasteiger partial charge is 0.252 e. The van der Waals surface area contributed by atoms with E-state index < -0.39 is 0 Å². The average molecular weight is 479 g/mol. The monoisotopic (exact) mass is 478 g/mol. The van der Waals surface area contributed by atoms with E-state index in [-0.39, 0.29) is 28.7 Å². The van der Waals surface area contributed by atoms with Crippen molar-refractivity contribution in [1.82, 2.24) is 10.6 Å². The van der Waals surface area contributed by atoms with Gasteiger partial charge in [0.1, 0.15) is 0 Å². The Bertz CT molecular complexity index is 1430. The van der Waals surface area contributed by atoms with Gasteiger partial charge in [0, 0.05) is 23.7 Å². The van der Waals surface area contributed by atoms with E-state index in [1.54, 1.807) is 0 Å². The van der Waals surface area contributed by atoms with Gasteiger partial charge in [0.2, 0.25) is 0 Å². The SMILES string of the molecule is CC1(C)C[C@@H](NC(=O)c2cccc3ccccc23)C[C@@](C)(CNC(=O)c2cccc3ccccc23)C1. The summed E-state index contributed by atoms with van der Waals surface area (Å²) in [5, 5.41) is 10.6. The van der Waals surface area contributed by atoms with Crippen molar-refractivity contribution in [2.75, 3.05) is 6.54 Å². The van der Waals surface area contributed by atoms with Crippen LogP contribution in [0, 0.1) is 10.8 Å². The van der Waals surface area contributed by atoms with Gasteiger partial charge in [-0.2, -0.15) is 0 Å². The van der Waals surface area contributed by atoms with Crippen molar-refractivity contribution in [3.63, 3.8) is 0 Å². The highest BCUT2D eigenvalue weighted by molar-refractivity contribution is 6.07. The molecule has 4 nitrogen and oxygen atoms in total. The molecule has 0 unspecified atom stereocenters. The fraction of sp³-hybridized carbons (Fsp3) is 0.312. The number of hydrogen-bond acceptors (Lipinski definition) is 2. The maximum absolute atomic E-state index is 13.3. The minimum atomic E-state index is -0.126. The molecule has 2 N–H and O–H groups in total. The zero-order chi connectivity index (χ0) is 25.3. The lowest BCUT2D eigenvalue weighted by molar-refractivity contribution is 0.0593. The molecule has 0 aromatic heterocycles. The number of hydrogen-bond donors (Lipinski definition) is 2. The Kier molecular flexibility index (Phi) is 6.29. The first kappa shape index (κ1) is 24.1. The second-order valence-corrected chi connectivity index (χ2v) is 11.5. The van der Waals surface area contributed by atoms with Crippen LogP contribution in [0.15, 0.2) is 84.9 Å². The summed E-state index contributed by atoms with van der Waals surface area (Å²) in [5.41, 5.74) is 1.34. The summed E-state index contributed by atoms with van der Waals surface area (Å²) in [6, 6.07) is 27.7. The first-order chi connectivity index (χ1) is 17.2. The quantitative estimate of drug-likeness (QED) is 0.334. The zero-order valence-corrected chi connectivity index (χ0v) is 21.3. The van der Waals surface area contributed by atoms with Crippen molar-refractivity contribution in [2.45, 2.75) is 46.1 Å². The predicted octanol–water partition coefficient (Wildman–Crippen LogP) is 6.74. The third-order valence-electron chi connectivity index (χ3n) is 7.52. The number of nitrogens with one attached hydrogen (secondary N) is 2. The number of rotatable bonds is 5. The van der Waals surface area contributed by atoms with Gasteiger partial charge in [-0.25, -0.2) is 0 Å². The Morgan fingerprint density at radius 2 is 1.25 bits per heavy atom. The number of amides is 2. The topological polar surface area (TPSA) is 58.2 Å². The molecule has 1 saturated carbocycles. The lowest BCUT2D eigenvalue weighted by Gasteiger charge is -2.47. The maximum Gasteiger partial charge on any atom is 0.252 e. The molecule has 1 aliphatic carbocycles. The molecule has 184 valence electrons. The van der Waals surface area contributed by atoms with Crippen molar-refractivity contribution < 1.29 is 9.59 Å². The van der Waals surface area contributed by atoms with E-state index in [9.17, 15) is 9.59 Å². The lowest BCUT2D eigenvalue weighted by atomic mass is 9.62. The van der Waals surface area contributed by atoms with Gasteiger partial charge in [-0.05, 0) is 63.8 Å². The van der Waals surface area contributed by atoms with E-state index in [1.165, 1.54) is 0 Å². The molecule has 2 amide bonds. The van der Waals surface area contributed by atoms with Crippen molar-refractivity contribution in [1.29, 1.82) is 0 Å². The number of carbonyl (C=O) groups is 2. The third kappa shape index (κ3) is 4.99. The van der Waals surface area contributed by atoms with Gasteiger partial charge in [0.05, 0.1) is 0 Å². The Morgan fingerprint density at radius 3 is 1.86 bits per heavy atom. The molecule has 0 radical (unpaired) electrons. The summed E-state index contributed by atoms with van der Waals surface area (Å²) in [5.74, 6) is -0.0793. The van der Waals surface area contributed by atoms with Gasteiger partial charge >= 0.3 is 0 Å². The van der Waals surface area contributed by atoms with E-state index in [1.807, 2.05) is 84.9 Å². The largest absolute Gasteiger partial charge is 0.351 e. The molecule has 0 bridgehead atoms. The van der Waals surface area contributed by atoms with Crippen molar-refractivity contribution in [3.05, 3.63) is 96.1 Å². The fourth-order valence-electron chi connectivity index (χ4n) is 6.37. The Balaban J connectivity index is 1.31. The number of carbonyl (C=O) groups excluding carboxylic acids is 2. The summed E-state index contributed by atoms with van der Waals surface area (Å²) < 4.78 is 0. The van der Waals surface area contributed by atoms with Crippen LogP contribution in [-0.2, 0) is 0 Å². The molecule has 0 aliphatic heterocycles. The van der Waals surface area contributed by atoms with E-state index >= 15 is 0 Å². The molecular formula is C32H34N2O2. The van der Waals surface area contributed by atoms with E-state index in [0.29, 0.717) is 17.7 Å². The van der Waals surface area contributed by atoms with Crippen LogP contribution in [0.25, 0.3) is 21.5 Å². The minimum Gasteiger partial charge on any atom is -0.351 e. The molecule has 5 rings (SSSR count). The van der Waals surface area contributed by atoms with Crippen molar-refractivity contribution in [3.8, 4) is 0 Å². The van der Waals surface area contributed by atoms with Crippen LogP contribution in [0.1, 0.15) is 60.7 Å². The van der Waals surface area contributed by atoms with Crippen LogP contribution in [0.4, 0.5) is 0 Å². The highest BCUT2D eigenvalue weighted by atomic mass is 16.2. The van der Waals surface area contributed by atoms with Crippen molar-refractivity contribution >= 4 is 33.4 Å². The Hall–Kier alpha value is -3.66. The van der Waals surface area contributed by atoms with Crippen LogP contribution in [0.2, 0.25) is 0 Å².